The van der Waals surface area contributed by atoms with Gasteiger partial charge in [-0.2, -0.15) is 0 Å². The van der Waals surface area contributed by atoms with Gasteiger partial charge in [0.1, 0.15) is 22.6 Å². The van der Waals surface area contributed by atoms with Gasteiger partial charge < -0.3 is 10.2 Å². The quantitative estimate of drug-likeness (QED) is 0.788. The standard InChI is InChI=1S/C18H22BrN5/c1-12-16(19)21-11-22-18(12)24-10-3-2-6-15(24)14-8-7-13-5-4-9-20-17(13)23-14/h7-8,11,15H,2-6,9-10H2,1H3,(H,20,23). The molecule has 4 heterocycles. The molecule has 6 heteroatoms. The van der Waals surface area contributed by atoms with E-state index in [4.69, 9.17) is 4.98 Å². The number of piperidine rings is 1. The molecule has 2 aromatic heterocycles. The van der Waals surface area contributed by atoms with Crippen molar-refractivity contribution in [1.82, 2.24) is 15.0 Å². The third kappa shape index (κ3) is 2.88. The van der Waals surface area contributed by atoms with Gasteiger partial charge >= 0.3 is 0 Å². The number of hydrogen-bond donors (Lipinski definition) is 1. The van der Waals surface area contributed by atoms with Crippen molar-refractivity contribution in [2.75, 3.05) is 23.3 Å². The minimum atomic E-state index is 0.285. The second kappa shape index (κ2) is 6.67. The van der Waals surface area contributed by atoms with Crippen molar-refractivity contribution in [1.29, 1.82) is 0 Å². The molecule has 0 radical (unpaired) electrons. The van der Waals surface area contributed by atoms with Crippen LogP contribution in [0.25, 0.3) is 0 Å². The summed E-state index contributed by atoms with van der Waals surface area (Å²) in [6, 6.07) is 4.74. The number of rotatable bonds is 2. The Balaban J connectivity index is 1.71. The zero-order chi connectivity index (χ0) is 16.5. The molecule has 126 valence electrons. The summed E-state index contributed by atoms with van der Waals surface area (Å²) in [6.07, 6.45) is 7.51. The Morgan fingerprint density at radius 2 is 2.12 bits per heavy atom. The molecule has 1 unspecified atom stereocenters. The van der Waals surface area contributed by atoms with Crippen LogP contribution >= 0.6 is 15.9 Å². The van der Waals surface area contributed by atoms with Gasteiger partial charge in [-0.25, -0.2) is 15.0 Å². The molecule has 1 atom stereocenters. The van der Waals surface area contributed by atoms with E-state index >= 15 is 0 Å². The Kier molecular flexibility index (Phi) is 4.39. The van der Waals surface area contributed by atoms with Crippen LogP contribution in [0.15, 0.2) is 23.1 Å². The van der Waals surface area contributed by atoms with Crippen LogP contribution < -0.4 is 10.2 Å². The van der Waals surface area contributed by atoms with Gasteiger partial charge in [-0.3, -0.25) is 0 Å². The van der Waals surface area contributed by atoms with E-state index in [1.807, 2.05) is 0 Å². The number of fused-ring (bicyclic) bond motifs is 1. The van der Waals surface area contributed by atoms with Crippen molar-refractivity contribution in [3.05, 3.63) is 39.9 Å². The predicted molar refractivity (Wildman–Crippen MR) is 99.5 cm³/mol. The monoisotopic (exact) mass is 387 g/mol. The van der Waals surface area contributed by atoms with Gasteiger partial charge in [-0.05, 0) is 66.6 Å². The van der Waals surface area contributed by atoms with E-state index in [0.29, 0.717) is 0 Å². The Morgan fingerprint density at radius 3 is 3.04 bits per heavy atom. The SMILES string of the molecule is Cc1c(Br)ncnc1N1CCCCC1c1ccc2c(n1)NCCC2. The molecular formula is C18H22BrN5. The molecule has 1 saturated heterocycles. The molecule has 0 bridgehead atoms. The molecule has 0 spiro atoms. The lowest BCUT2D eigenvalue weighted by atomic mass is 9.97. The van der Waals surface area contributed by atoms with Crippen molar-refractivity contribution >= 4 is 27.6 Å². The number of anilines is 2. The minimum absolute atomic E-state index is 0.285. The first kappa shape index (κ1) is 15.8. The number of pyridine rings is 1. The van der Waals surface area contributed by atoms with Crippen LogP contribution in [0.1, 0.15) is 48.5 Å². The first-order valence-electron chi connectivity index (χ1n) is 8.71. The molecule has 0 amide bonds. The first-order valence-corrected chi connectivity index (χ1v) is 9.51. The van der Waals surface area contributed by atoms with E-state index in [2.05, 4.69) is 55.2 Å². The lowest BCUT2D eigenvalue weighted by Gasteiger charge is -2.37. The van der Waals surface area contributed by atoms with Crippen molar-refractivity contribution in [3.63, 3.8) is 0 Å². The van der Waals surface area contributed by atoms with Gasteiger partial charge in [0.05, 0.1) is 11.7 Å². The van der Waals surface area contributed by atoms with Gasteiger partial charge in [0.25, 0.3) is 0 Å². The van der Waals surface area contributed by atoms with Crippen LogP contribution in [-0.2, 0) is 6.42 Å². The van der Waals surface area contributed by atoms with Gasteiger partial charge in [-0.15, -0.1) is 0 Å². The Bertz CT molecular complexity index is 748. The second-order valence-electron chi connectivity index (χ2n) is 6.59. The summed E-state index contributed by atoms with van der Waals surface area (Å²) in [5.74, 6) is 2.10. The maximum absolute atomic E-state index is 4.96. The lowest BCUT2D eigenvalue weighted by molar-refractivity contribution is 0.460. The Morgan fingerprint density at radius 1 is 1.21 bits per heavy atom. The van der Waals surface area contributed by atoms with Crippen molar-refractivity contribution in [2.24, 2.45) is 0 Å². The molecule has 2 aliphatic heterocycles. The topological polar surface area (TPSA) is 53.9 Å². The largest absolute Gasteiger partial charge is 0.370 e. The zero-order valence-electron chi connectivity index (χ0n) is 13.9. The average molecular weight is 388 g/mol. The van der Waals surface area contributed by atoms with E-state index < -0.39 is 0 Å². The first-order chi connectivity index (χ1) is 11.7. The van der Waals surface area contributed by atoms with Crippen LogP contribution in [0, 0.1) is 6.92 Å². The Hall–Kier alpha value is -1.69. The van der Waals surface area contributed by atoms with Gasteiger partial charge in [0.15, 0.2) is 0 Å². The number of nitrogens with one attached hydrogen (secondary N) is 1. The molecule has 2 aromatic rings. The zero-order valence-corrected chi connectivity index (χ0v) is 15.5. The highest BCUT2D eigenvalue weighted by Gasteiger charge is 2.28. The molecular weight excluding hydrogens is 366 g/mol. The lowest BCUT2D eigenvalue weighted by Crippen LogP contribution is -2.35. The summed E-state index contributed by atoms with van der Waals surface area (Å²) in [7, 11) is 0. The highest BCUT2D eigenvalue weighted by Crippen LogP contribution is 2.36. The van der Waals surface area contributed by atoms with Crippen LogP contribution in [0.4, 0.5) is 11.6 Å². The summed E-state index contributed by atoms with van der Waals surface area (Å²) in [4.78, 5) is 16.2. The fourth-order valence-electron chi connectivity index (χ4n) is 3.73. The van der Waals surface area contributed by atoms with Crippen molar-refractivity contribution < 1.29 is 0 Å². The fraction of sp³-hybridized carbons (Fsp3) is 0.500. The highest BCUT2D eigenvalue weighted by molar-refractivity contribution is 9.10. The number of halogens is 1. The number of nitrogens with zero attached hydrogens (tertiary/aromatic N) is 4. The smallest absolute Gasteiger partial charge is 0.136 e. The van der Waals surface area contributed by atoms with E-state index in [9.17, 15) is 0 Å². The summed E-state index contributed by atoms with van der Waals surface area (Å²) in [5.41, 5.74) is 3.59. The van der Waals surface area contributed by atoms with Gasteiger partial charge in [0, 0.05) is 18.7 Å². The van der Waals surface area contributed by atoms with Gasteiger partial charge in [0.2, 0.25) is 0 Å². The predicted octanol–water partition coefficient (Wildman–Crippen LogP) is 4.03. The molecule has 24 heavy (non-hydrogen) atoms. The third-order valence-electron chi connectivity index (χ3n) is 5.03. The van der Waals surface area contributed by atoms with Crippen LogP contribution in [0.3, 0.4) is 0 Å². The Labute approximate surface area is 151 Å². The average Bonchev–Trinajstić information content (AvgIpc) is 2.64. The minimum Gasteiger partial charge on any atom is -0.370 e. The van der Waals surface area contributed by atoms with Crippen molar-refractivity contribution in [3.8, 4) is 0 Å². The molecule has 2 aliphatic rings. The molecule has 4 rings (SSSR count). The van der Waals surface area contributed by atoms with E-state index in [-0.39, 0.29) is 6.04 Å². The van der Waals surface area contributed by atoms with E-state index in [0.717, 1.165) is 53.4 Å². The number of hydrogen-bond acceptors (Lipinski definition) is 5. The number of aryl methyl sites for hydroxylation is 1. The summed E-state index contributed by atoms with van der Waals surface area (Å²) >= 11 is 3.53. The van der Waals surface area contributed by atoms with Crippen LogP contribution in [0.2, 0.25) is 0 Å². The van der Waals surface area contributed by atoms with E-state index in [1.165, 1.54) is 24.8 Å². The molecule has 1 fully saturated rings. The van der Waals surface area contributed by atoms with Gasteiger partial charge in [-0.1, -0.05) is 6.07 Å². The van der Waals surface area contributed by atoms with Crippen LogP contribution in [-0.4, -0.2) is 28.0 Å². The maximum Gasteiger partial charge on any atom is 0.136 e. The third-order valence-corrected chi connectivity index (χ3v) is 5.83. The maximum atomic E-state index is 4.96. The number of aromatic nitrogens is 3. The normalized spacial score (nSPS) is 20.4. The molecule has 0 aliphatic carbocycles. The molecule has 0 saturated carbocycles. The molecule has 1 N–H and O–H groups in total. The summed E-state index contributed by atoms with van der Waals surface area (Å²) in [5, 5.41) is 3.45. The molecule has 5 nitrogen and oxygen atoms in total. The molecule has 0 aromatic carbocycles. The summed E-state index contributed by atoms with van der Waals surface area (Å²) in [6.45, 7) is 4.11. The second-order valence-corrected chi connectivity index (χ2v) is 7.34. The van der Waals surface area contributed by atoms with Crippen LogP contribution in [0.5, 0.6) is 0 Å². The van der Waals surface area contributed by atoms with E-state index in [1.54, 1.807) is 6.33 Å². The summed E-state index contributed by atoms with van der Waals surface area (Å²) < 4.78 is 0.872. The highest BCUT2D eigenvalue weighted by atomic mass is 79.9. The van der Waals surface area contributed by atoms with Crippen molar-refractivity contribution in [2.45, 2.75) is 45.1 Å². The fourth-order valence-corrected chi connectivity index (χ4v) is 4.00.